The molecule has 0 radical (unpaired) electrons. The minimum Gasteiger partial charge on any atom is -0.378 e. The molecule has 3 rings (SSSR count). The molecule has 114 valence electrons. The zero-order chi connectivity index (χ0) is 16.2. The first-order valence-corrected chi connectivity index (χ1v) is 7.63. The lowest BCUT2D eigenvalue weighted by atomic mass is 9.98. The molecule has 3 aromatic carbocycles. The fourth-order valence-electron chi connectivity index (χ4n) is 2.55. The van der Waals surface area contributed by atoms with Gasteiger partial charge >= 0.3 is 0 Å². The molecular weight excluding hydrogens is 282 g/mol. The van der Waals surface area contributed by atoms with Crippen LogP contribution in [0.2, 0.25) is 0 Å². The minimum absolute atomic E-state index is 0.0492. The molecule has 2 nitrogen and oxygen atoms in total. The number of ketones is 1. The fraction of sp³-hybridized carbons (Fsp3) is 0.0952. The Labute approximate surface area is 137 Å². The van der Waals surface area contributed by atoms with Gasteiger partial charge in [0.15, 0.2) is 5.78 Å². The Bertz CT molecular complexity index is 805. The second kappa shape index (κ2) is 6.49. The number of benzene rings is 3. The van der Waals surface area contributed by atoms with Gasteiger partial charge < -0.3 is 4.90 Å². The number of hydrogen-bond donors (Lipinski definition) is 0. The van der Waals surface area contributed by atoms with Crippen LogP contribution in [0.5, 0.6) is 0 Å². The van der Waals surface area contributed by atoms with Crippen LogP contribution in [-0.4, -0.2) is 19.9 Å². The Morgan fingerprint density at radius 3 is 2.00 bits per heavy atom. The number of rotatable bonds is 4. The van der Waals surface area contributed by atoms with E-state index in [1.807, 2.05) is 85.7 Å². The quantitative estimate of drug-likeness (QED) is 0.654. The van der Waals surface area contributed by atoms with Gasteiger partial charge in [0.2, 0.25) is 0 Å². The van der Waals surface area contributed by atoms with Crippen molar-refractivity contribution < 1.29 is 4.79 Å². The highest BCUT2D eigenvalue weighted by atomic mass is 16.1. The predicted molar refractivity (Wildman–Crippen MR) is 96.1 cm³/mol. The monoisotopic (exact) mass is 301 g/mol. The Hall–Kier alpha value is -2.87. The van der Waals surface area contributed by atoms with Crippen molar-refractivity contribution in [1.29, 1.82) is 0 Å². The molecule has 3 aromatic rings. The summed E-state index contributed by atoms with van der Waals surface area (Å²) in [6.45, 7) is 0. The molecule has 0 unspecified atom stereocenters. The minimum atomic E-state index is 0.0492. The summed E-state index contributed by atoms with van der Waals surface area (Å²) in [5.74, 6) is 0.0492. The maximum absolute atomic E-state index is 12.7. The van der Waals surface area contributed by atoms with Crippen molar-refractivity contribution >= 4 is 11.5 Å². The summed E-state index contributed by atoms with van der Waals surface area (Å²) in [6, 6.07) is 25.6. The van der Waals surface area contributed by atoms with Gasteiger partial charge in [0, 0.05) is 30.9 Å². The van der Waals surface area contributed by atoms with Crippen LogP contribution in [0.15, 0.2) is 78.9 Å². The lowest BCUT2D eigenvalue weighted by Crippen LogP contribution is -2.09. The third-order valence-electron chi connectivity index (χ3n) is 3.88. The van der Waals surface area contributed by atoms with E-state index in [4.69, 9.17) is 0 Å². The summed E-state index contributed by atoms with van der Waals surface area (Å²) in [6.07, 6.45) is 0. The molecule has 0 spiro atoms. The Balaban J connectivity index is 1.91. The van der Waals surface area contributed by atoms with Gasteiger partial charge in [-0.1, -0.05) is 48.5 Å². The van der Waals surface area contributed by atoms with Gasteiger partial charge in [-0.25, -0.2) is 0 Å². The van der Waals surface area contributed by atoms with E-state index >= 15 is 0 Å². The molecule has 0 saturated carbocycles. The topological polar surface area (TPSA) is 20.3 Å². The van der Waals surface area contributed by atoms with E-state index in [0.717, 1.165) is 16.8 Å². The van der Waals surface area contributed by atoms with E-state index in [1.54, 1.807) is 0 Å². The van der Waals surface area contributed by atoms with Crippen LogP contribution in [0.3, 0.4) is 0 Å². The van der Waals surface area contributed by atoms with E-state index in [0.29, 0.717) is 11.1 Å². The fourth-order valence-corrected chi connectivity index (χ4v) is 2.55. The summed E-state index contributed by atoms with van der Waals surface area (Å²) in [5, 5.41) is 0. The van der Waals surface area contributed by atoms with Crippen LogP contribution in [0.25, 0.3) is 11.1 Å². The lowest BCUT2D eigenvalue weighted by molar-refractivity contribution is 0.103. The molecular formula is C21H19NO. The highest BCUT2D eigenvalue weighted by Crippen LogP contribution is 2.22. The highest BCUT2D eigenvalue weighted by molar-refractivity contribution is 6.09. The molecule has 0 N–H and O–H groups in total. The second-order valence-corrected chi connectivity index (χ2v) is 5.72. The van der Waals surface area contributed by atoms with Gasteiger partial charge in [-0.05, 0) is 41.5 Å². The number of anilines is 1. The van der Waals surface area contributed by atoms with Gasteiger partial charge in [0.25, 0.3) is 0 Å². The zero-order valence-corrected chi connectivity index (χ0v) is 13.4. The molecule has 0 fully saturated rings. The van der Waals surface area contributed by atoms with Crippen LogP contribution in [0.1, 0.15) is 15.9 Å². The molecule has 0 aliphatic heterocycles. The summed E-state index contributed by atoms with van der Waals surface area (Å²) in [4.78, 5) is 14.7. The van der Waals surface area contributed by atoms with Crippen LogP contribution >= 0.6 is 0 Å². The Morgan fingerprint density at radius 2 is 1.35 bits per heavy atom. The maximum atomic E-state index is 12.7. The molecule has 0 amide bonds. The largest absolute Gasteiger partial charge is 0.378 e. The van der Waals surface area contributed by atoms with E-state index in [2.05, 4.69) is 12.1 Å². The highest BCUT2D eigenvalue weighted by Gasteiger charge is 2.10. The first-order chi connectivity index (χ1) is 11.1. The average Bonchev–Trinajstić information content (AvgIpc) is 2.62. The Morgan fingerprint density at radius 1 is 0.696 bits per heavy atom. The molecule has 0 atom stereocenters. The summed E-state index contributed by atoms with van der Waals surface area (Å²) < 4.78 is 0. The molecule has 0 aliphatic carbocycles. The predicted octanol–water partition coefficient (Wildman–Crippen LogP) is 4.65. The number of nitrogens with zero attached hydrogens (tertiary/aromatic N) is 1. The maximum Gasteiger partial charge on any atom is 0.193 e. The van der Waals surface area contributed by atoms with Crippen molar-refractivity contribution in [3.63, 3.8) is 0 Å². The molecule has 0 saturated heterocycles. The molecule has 0 aromatic heterocycles. The van der Waals surface area contributed by atoms with E-state index in [1.165, 1.54) is 0 Å². The van der Waals surface area contributed by atoms with Gasteiger partial charge in [0.1, 0.15) is 0 Å². The van der Waals surface area contributed by atoms with Crippen molar-refractivity contribution in [1.82, 2.24) is 0 Å². The number of hydrogen-bond acceptors (Lipinski definition) is 2. The van der Waals surface area contributed by atoms with Crippen LogP contribution in [-0.2, 0) is 0 Å². The summed E-state index contributed by atoms with van der Waals surface area (Å²) in [5.41, 5.74) is 4.68. The van der Waals surface area contributed by atoms with Crippen molar-refractivity contribution in [2.24, 2.45) is 0 Å². The van der Waals surface area contributed by atoms with Crippen molar-refractivity contribution in [2.75, 3.05) is 19.0 Å². The lowest BCUT2D eigenvalue weighted by Gasteiger charge is -2.12. The first-order valence-electron chi connectivity index (χ1n) is 7.63. The second-order valence-electron chi connectivity index (χ2n) is 5.72. The summed E-state index contributed by atoms with van der Waals surface area (Å²) in [7, 11) is 3.97. The number of carbonyl (C=O) groups is 1. The number of carbonyl (C=O) groups excluding carboxylic acids is 1. The summed E-state index contributed by atoms with van der Waals surface area (Å²) >= 11 is 0. The zero-order valence-electron chi connectivity index (χ0n) is 13.4. The first kappa shape index (κ1) is 15.0. The van der Waals surface area contributed by atoms with E-state index in [-0.39, 0.29) is 5.78 Å². The van der Waals surface area contributed by atoms with E-state index < -0.39 is 0 Å². The van der Waals surface area contributed by atoms with Crippen LogP contribution in [0, 0.1) is 0 Å². The molecule has 23 heavy (non-hydrogen) atoms. The molecule has 0 heterocycles. The van der Waals surface area contributed by atoms with Crippen molar-refractivity contribution in [3.8, 4) is 11.1 Å². The molecule has 0 bridgehead atoms. The van der Waals surface area contributed by atoms with Crippen molar-refractivity contribution in [3.05, 3.63) is 90.0 Å². The Kier molecular flexibility index (Phi) is 4.24. The average molecular weight is 301 g/mol. The van der Waals surface area contributed by atoms with Crippen molar-refractivity contribution in [2.45, 2.75) is 0 Å². The van der Waals surface area contributed by atoms with Crippen LogP contribution < -0.4 is 4.90 Å². The van der Waals surface area contributed by atoms with Gasteiger partial charge in [-0.2, -0.15) is 0 Å². The third kappa shape index (κ3) is 3.32. The van der Waals surface area contributed by atoms with Crippen LogP contribution in [0.4, 0.5) is 5.69 Å². The normalized spacial score (nSPS) is 10.3. The molecule has 0 aliphatic rings. The van der Waals surface area contributed by atoms with Gasteiger partial charge in [-0.15, -0.1) is 0 Å². The molecule has 2 heteroatoms. The smallest absolute Gasteiger partial charge is 0.193 e. The van der Waals surface area contributed by atoms with Gasteiger partial charge in [0.05, 0.1) is 0 Å². The third-order valence-corrected chi connectivity index (χ3v) is 3.88. The van der Waals surface area contributed by atoms with E-state index in [9.17, 15) is 4.79 Å². The van der Waals surface area contributed by atoms with Gasteiger partial charge in [-0.3, -0.25) is 4.79 Å². The standard InChI is InChI=1S/C21H19NO/c1-22(2)20-13-11-17(12-14-20)21(23)19-10-6-9-18(15-19)16-7-4-3-5-8-16/h3-15H,1-2H3. The SMILES string of the molecule is CN(C)c1ccc(C(=O)c2cccc(-c3ccccc3)c2)cc1.